The Labute approximate surface area is 188 Å². The van der Waals surface area contributed by atoms with Gasteiger partial charge in [0, 0.05) is 6.42 Å². The molecule has 3 aromatic carbocycles. The summed E-state index contributed by atoms with van der Waals surface area (Å²) in [7, 11) is 0. The average Bonchev–Trinajstić information content (AvgIpc) is 2.82. The molecule has 0 radical (unpaired) electrons. The van der Waals surface area contributed by atoms with E-state index in [2.05, 4.69) is 10.3 Å². The van der Waals surface area contributed by atoms with E-state index in [0.29, 0.717) is 16.6 Å². The van der Waals surface area contributed by atoms with Crippen LogP contribution >= 0.6 is 0 Å². The highest BCUT2D eigenvalue weighted by Crippen LogP contribution is 2.18. The van der Waals surface area contributed by atoms with Crippen LogP contribution in [0.1, 0.15) is 23.2 Å². The van der Waals surface area contributed by atoms with Crippen molar-refractivity contribution in [3.63, 3.8) is 0 Å². The van der Waals surface area contributed by atoms with Crippen LogP contribution in [-0.2, 0) is 16.0 Å². The highest BCUT2D eigenvalue weighted by atomic mass is 16.4. The van der Waals surface area contributed by atoms with Crippen molar-refractivity contribution in [3.05, 3.63) is 117 Å². The third-order valence-corrected chi connectivity index (χ3v) is 5.39. The van der Waals surface area contributed by atoms with Gasteiger partial charge in [-0.05, 0) is 23.3 Å². The van der Waals surface area contributed by atoms with Gasteiger partial charge in [0.1, 0.15) is 6.04 Å². The summed E-state index contributed by atoms with van der Waals surface area (Å²) in [5, 5.41) is 12.5. The third-order valence-electron chi connectivity index (χ3n) is 5.39. The van der Waals surface area contributed by atoms with E-state index < -0.39 is 35.2 Å². The molecule has 0 aliphatic heterocycles. The van der Waals surface area contributed by atoms with E-state index >= 15 is 0 Å². The normalized spacial score (nSPS) is 12.7. The molecule has 1 aromatic heterocycles. The summed E-state index contributed by atoms with van der Waals surface area (Å²) >= 11 is 0. The summed E-state index contributed by atoms with van der Waals surface area (Å²) in [5.74, 6) is -2.01. The number of fused-ring (bicyclic) bond motifs is 1. The summed E-state index contributed by atoms with van der Waals surface area (Å²) < 4.78 is 0.856. The van der Waals surface area contributed by atoms with E-state index in [1.807, 2.05) is 6.07 Å². The zero-order chi connectivity index (χ0) is 23.4. The Kier molecular flexibility index (Phi) is 6.17. The molecule has 0 fully saturated rings. The number of hydrogen-bond donors (Lipinski definition) is 3. The smallest absolute Gasteiger partial charge is 0.330 e. The molecule has 4 rings (SSSR count). The summed E-state index contributed by atoms with van der Waals surface area (Å²) in [6.45, 7) is 0. The molecule has 3 N–H and O–H groups in total. The van der Waals surface area contributed by atoms with Crippen LogP contribution in [-0.4, -0.2) is 26.5 Å². The molecule has 1 amide bonds. The minimum absolute atomic E-state index is 0.0229. The number of para-hydroxylation sites is 1. The van der Waals surface area contributed by atoms with Gasteiger partial charge in [0.05, 0.1) is 10.9 Å². The number of aromatic amines is 1. The lowest BCUT2D eigenvalue weighted by Crippen LogP contribution is -2.47. The second-order valence-corrected chi connectivity index (χ2v) is 7.55. The van der Waals surface area contributed by atoms with Gasteiger partial charge in [0.2, 0.25) is 5.91 Å². The molecular formula is C25H21N3O5. The number of aliphatic carboxylic acids is 1. The molecule has 0 spiro atoms. The van der Waals surface area contributed by atoms with Crippen LogP contribution in [0.25, 0.3) is 10.9 Å². The third kappa shape index (κ3) is 4.59. The molecule has 0 aliphatic rings. The Balaban J connectivity index is 1.80. The average molecular weight is 443 g/mol. The Morgan fingerprint density at radius 3 is 2.15 bits per heavy atom. The molecule has 0 saturated carbocycles. The first-order valence-electron chi connectivity index (χ1n) is 10.3. The van der Waals surface area contributed by atoms with Crippen LogP contribution in [0.5, 0.6) is 0 Å². The van der Waals surface area contributed by atoms with Crippen molar-refractivity contribution in [3.8, 4) is 0 Å². The van der Waals surface area contributed by atoms with E-state index in [0.717, 1.165) is 4.57 Å². The number of rotatable bonds is 7. The Morgan fingerprint density at radius 2 is 1.48 bits per heavy atom. The van der Waals surface area contributed by atoms with Crippen LogP contribution in [0.3, 0.4) is 0 Å². The molecule has 0 saturated heterocycles. The molecule has 0 bridgehead atoms. The fourth-order valence-corrected chi connectivity index (χ4v) is 3.77. The summed E-state index contributed by atoms with van der Waals surface area (Å²) in [6.07, 6.45) is 0.0229. The summed E-state index contributed by atoms with van der Waals surface area (Å²) in [4.78, 5) is 54.1. The van der Waals surface area contributed by atoms with Crippen molar-refractivity contribution >= 4 is 22.8 Å². The minimum atomic E-state index is -1.34. The van der Waals surface area contributed by atoms with Gasteiger partial charge in [-0.15, -0.1) is 0 Å². The monoisotopic (exact) mass is 443 g/mol. The number of nitrogens with zero attached hydrogens (tertiary/aromatic N) is 1. The highest BCUT2D eigenvalue weighted by Gasteiger charge is 2.30. The maximum Gasteiger partial charge on any atom is 0.330 e. The predicted molar refractivity (Wildman–Crippen MR) is 123 cm³/mol. The summed E-state index contributed by atoms with van der Waals surface area (Å²) in [6, 6.07) is 21.0. The van der Waals surface area contributed by atoms with Crippen molar-refractivity contribution in [2.24, 2.45) is 0 Å². The van der Waals surface area contributed by atoms with E-state index in [4.69, 9.17) is 0 Å². The second-order valence-electron chi connectivity index (χ2n) is 7.55. The Hall–Kier alpha value is -4.46. The lowest BCUT2D eigenvalue weighted by Gasteiger charge is -2.22. The van der Waals surface area contributed by atoms with Crippen molar-refractivity contribution in [2.45, 2.75) is 18.5 Å². The van der Waals surface area contributed by atoms with Crippen LogP contribution < -0.4 is 16.6 Å². The van der Waals surface area contributed by atoms with Crippen molar-refractivity contribution in [2.75, 3.05) is 0 Å². The number of nitrogens with one attached hydrogen (secondary N) is 2. The molecule has 0 aliphatic carbocycles. The van der Waals surface area contributed by atoms with Gasteiger partial charge >= 0.3 is 11.7 Å². The quantitative estimate of drug-likeness (QED) is 0.405. The molecule has 2 unspecified atom stereocenters. The molecular weight excluding hydrogens is 422 g/mol. The van der Waals surface area contributed by atoms with Gasteiger partial charge in [-0.25, -0.2) is 14.2 Å². The fourth-order valence-electron chi connectivity index (χ4n) is 3.77. The van der Waals surface area contributed by atoms with Gasteiger partial charge in [-0.2, -0.15) is 0 Å². The van der Waals surface area contributed by atoms with E-state index in [9.17, 15) is 24.3 Å². The van der Waals surface area contributed by atoms with Gasteiger partial charge in [0.25, 0.3) is 5.56 Å². The maximum absolute atomic E-state index is 13.4. The highest BCUT2D eigenvalue weighted by molar-refractivity contribution is 5.87. The molecule has 8 nitrogen and oxygen atoms in total. The van der Waals surface area contributed by atoms with E-state index in [1.54, 1.807) is 78.9 Å². The Bertz CT molecular complexity index is 1410. The molecule has 4 aromatic rings. The van der Waals surface area contributed by atoms with Crippen LogP contribution in [0.15, 0.2) is 94.5 Å². The van der Waals surface area contributed by atoms with Crippen molar-refractivity contribution in [1.82, 2.24) is 14.9 Å². The zero-order valence-corrected chi connectivity index (χ0v) is 17.5. The SMILES string of the molecule is O=C(O)C(NC(=O)C(Cc1ccccc1)n1c(=O)[nH]c2ccccc2c1=O)c1ccccc1. The molecule has 2 atom stereocenters. The van der Waals surface area contributed by atoms with Gasteiger partial charge in [-0.1, -0.05) is 72.8 Å². The van der Waals surface area contributed by atoms with E-state index in [1.165, 1.54) is 0 Å². The number of hydrogen-bond acceptors (Lipinski definition) is 4. The largest absolute Gasteiger partial charge is 0.479 e. The fraction of sp³-hybridized carbons (Fsp3) is 0.120. The Morgan fingerprint density at radius 1 is 0.879 bits per heavy atom. The molecule has 33 heavy (non-hydrogen) atoms. The predicted octanol–water partition coefficient (Wildman–Crippen LogP) is 2.42. The minimum Gasteiger partial charge on any atom is -0.479 e. The van der Waals surface area contributed by atoms with Gasteiger partial charge in [-0.3, -0.25) is 9.59 Å². The number of carboxylic acids is 1. The van der Waals surface area contributed by atoms with Crippen LogP contribution in [0.2, 0.25) is 0 Å². The number of H-pyrrole nitrogens is 1. The zero-order valence-electron chi connectivity index (χ0n) is 17.5. The number of amides is 1. The number of carboxylic acid groups (broad SMARTS) is 1. The van der Waals surface area contributed by atoms with E-state index in [-0.39, 0.29) is 11.8 Å². The number of carbonyl (C=O) groups is 2. The van der Waals surface area contributed by atoms with Crippen LogP contribution in [0, 0.1) is 0 Å². The maximum atomic E-state index is 13.4. The number of benzene rings is 3. The lowest BCUT2D eigenvalue weighted by molar-refractivity contribution is -0.142. The summed E-state index contributed by atoms with van der Waals surface area (Å²) in [5.41, 5.74) is 0.0639. The van der Waals surface area contributed by atoms with Crippen molar-refractivity contribution in [1.29, 1.82) is 0 Å². The number of carbonyl (C=O) groups excluding carboxylic acids is 1. The van der Waals surface area contributed by atoms with Crippen molar-refractivity contribution < 1.29 is 14.7 Å². The molecule has 8 heteroatoms. The molecule has 1 heterocycles. The first-order chi connectivity index (χ1) is 16.0. The topological polar surface area (TPSA) is 121 Å². The van der Waals surface area contributed by atoms with Crippen LogP contribution in [0.4, 0.5) is 0 Å². The second kappa shape index (κ2) is 9.35. The standard InChI is InChI=1S/C25H21N3O5/c29-22(27-21(24(31)32)17-11-5-2-6-12-17)20(15-16-9-3-1-4-10-16)28-23(30)18-13-7-8-14-19(18)26-25(28)33/h1-14,20-21H,15H2,(H,26,33)(H,27,29)(H,31,32). The first kappa shape index (κ1) is 21.8. The van der Waals surface area contributed by atoms with Gasteiger partial charge < -0.3 is 15.4 Å². The molecule has 166 valence electrons. The van der Waals surface area contributed by atoms with Gasteiger partial charge in [0.15, 0.2) is 6.04 Å². The number of aromatic nitrogens is 2. The lowest BCUT2D eigenvalue weighted by atomic mass is 10.0. The first-order valence-corrected chi connectivity index (χ1v) is 10.3.